The third-order valence-electron chi connectivity index (χ3n) is 3.86. The van der Waals surface area contributed by atoms with Crippen LogP contribution in [0.1, 0.15) is 39.0 Å². The van der Waals surface area contributed by atoms with E-state index in [2.05, 4.69) is 5.32 Å². The second kappa shape index (κ2) is 3.37. The lowest BCUT2D eigenvalue weighted by atomic mass is 9.62. The molecule has 14 heavy (non-hydrogen) atoms. The summed E-state index contributed by atoms with van der Waals surface area (Å²) in [6, 6.07) is 0. The Morgan fingerprint density at radius 1 is 1.36 bits per heavy atom. The molecule has 1 aliphatic heterocycles. The third kappa shape index (κ3) is 1.35. The molecule has 1 saturated carbocycles. The summed E-state index contributed by atoms with van der Waals surface area (Å²) < 4.78 is 0. The van der Waals surface area contributed by atoms with Crippen LogP contribution in [0, 0.1) is 11.3 Å². The first-order chi connectivity index (χ1) is 6.65. The lowest BCUT2D eigenvalue weighted by Gasteiger charge is -2.43. The van der Waals surface area contributed by atoms with Crippen LogP contribution in [0.5, 0.6) is 0 Å². The fraction of sp³-hybridized carbons (Fsp3) is 0.818. The van der Waals surface area contributed by atoms with Crippen LogP contribution in [0.15, 0.2) is 0 Å². The Morgan fingerprint density at radius 2 is 2.14 bits per heavy atom. The van der Waals surface area contributed by atoms with E-state index in [-0.39, 0.29) is 17.2 Å². The number of carbonyl (C=O) groups excluding carboxylic acids is 2. The molecule has 1 spiro atoms. The quantitative estimate of drug-likeness (QED) is 0.632. The second-order valence-corrected chi connectivity index (χ2v) is 4.66. The SMILES string of the molecule is C[C@@H]1CC(=O)CC[C@@]12CCCNC2=O. The van der Waals surface area contributed by atoms with Crippen LogP contribution < -0.4 is 5.32 Å². The van der Waals surface area contributed by atoms with Gasteiger partial charge in [-0.3, -0.25) is 9.59 Å². The summed E-state index contributed by atoms with van der Waals surface area (Å²) >= 11 is 0. The van der Waals surface area contributed by atoms with Crippen LogP contribution in [0.4, 0.5) is 0 Å². The molecule has 0 aromatic carbocycles. The first-order valence-electron chi connectivity index (χ1n) is 5.45. The van der Waals surface area contributed by atoms with E-state index in [0.29, 0.717) is 18.6 Å². The summed E-state index contributed by atoms with van der Waals surface area (Å²) in [7, 11) is 0. The molecule has 0 radical (unpaired) electrons. The molecule has 2 rings (SSSR count). The zero-order valence-corrected chi connectivity index (χ0v) is 8.64. The van der Waals surface area contributed by atoms with Gasteiger partial charge in [-0.05, 0) is 25.2 Å². The van der Waals surface area contributed by atoms with Crippen LogP contribution in [0.3, 0.4) is 0 Å². The van der Waals surface area contributed by atoms with E-state index >= 15 is 0 Å². The molecular weight excluding hydrogens is 178 g/mol. The largest absolute Gasteiger partial charge is 0.356 e. The molecule has 1 heterocycles. The van der Waals surface area contributed by atoms with E-state index in [9.17, 15) is 9.59 Å². The molecule has 3 heteroatoms. The van der Waals surface area contributed by atoms with Gasteiger partial charge in [-0.25, -0.2) is 0 Å². The van der Waals surface area contributed by atoms with E-state index in [1.807, 2.05) is 6.92 Å². The van der Waals surface area contributed by atoms with Gasteiger partial charge in [0.1, 0.15) is 5.78 Å². The fourth-order valence-electron chi connectivity index (χ4n) is 2.85. The van der Waals surface area contributed by atoms with Gasteiger partial charge < -0.3 is 5.32 Å². The Bertz CT molecular complexity index is 274. The van der Waals surface area contributed by atoms with Crippen molar-refractivity contribution in [1.29, 1.82) is 0 Å². The van der Waals surface area contributed by atoms with E-state index in [4.69, 9.17) is 0 Å². The predicted molar refractivity (Wildman–Crippen MR) is 52.7 cm³/mol. The Kier molecular flexibility index (Phi) is 2.33. The van der Waals surface area contributed by atoms with Gasteiger partial charge in [0.05, 0.1) is 5.41 Å². The Hall–Kier alpha value is -0.860. The van der Waals surface area contributed by atoms with Crippen LogP contribution in [0.2, 0.25) is 0 Å². The normalized spacial score (nSPS) is 38.5. The maximum atomic E-state index is 11.9. The van der Waals surface area contributed by atoms with Crippen LogP contribution in [0.25, 0.3) is 0 Å². The van der Waals surface area contributed by atoms with Gasteiger partial charge >= 0.3 is 0 Å². The molecule has 1 aliphatic carbocycles. The van der Waals surface area contributed by atoms with Crippen LogP contribution in [-0.4, -0.2) is 18.2 Å². The summed E-state index contributed by atoms with van der Waals surface area (Å²) in [4.78, 5) is 23.1. The van der Waals surface area contributed by atoms with Crippen LogP contribution >= 0.6 is 0 Å². The van der Waals surface area contributed by atoms with Crippen molar-refractivity contribution in [2.75, 3.05) is 6.54 Å². The number of carbonyl (C=O) groups is 2. The first kappa shape index (κ1) is 9.69. The fourth-order valence-corrected chi connectivity index (χ4v) is 2.85. The maximum Gasteiger partial charge on any atom is 0.226 e. The van der Waals surface area contributed by atoms with Gasteiger partial charge in [-0.1, -0.05) is 6.92 Å². The molecule has 1 N–H and O–H groups in total. The Labute approximate surface area is 84.2 Å². The van der Waals surface area contributed by atoms with Gasteiger partial charge in [-0.15, -0.1) is 0 Å². The number of hydrogen-bond donors (Lipinski definition) is 1. The van der Waals surface area contributed by atoms with E-state index < -0.39 is 0 Å². The van der Waals surface area contributed by atoms with Gasteiger partial charge in [0.25, 0.3) is 0 Å². The summed E-state index contributed by atoms with van der Waals surface area (Å²) in [5.74, 6) is 0.731. The molecule has 0 aromatic heterocycles. The van der Waals surface area contributed by atoms with Crippen molar-refractivity contribution < 1.29 is 9.59 Å². The second-order valence-electron chi connectivity index (χ2n) is 4.66. The number of rotatable bonds is 0. The summed E-state index contributed by atoms with van der Waals surface area (Å²) in [6.45, 7) is 2.85. The number of amides is 1. The number of nitrogens with one attached hydrogen (secondary N) is 1. The standard InChI is InChI=1S/C11H17NO2/c1-8-7-9(13)3-5-11(8)4-2-6-12-10(11)14/h8H,2-7H2,1H3,(H,12,14)/t8-,11+/m1/s1. The van der Waals surface area contributed by atoms with Crippen molar-refractivity contribution in [2.24, 2.45) is 11.3 Å². The highest BCUT2D eigenvalue weighted by molar-refractivity contribution is 5.88. The third-order valence-corrected chi connectivity index (χ3v) is 3.86. The number of Topliss-reactive ketones (excluding diaryl/α,β-unsaturated/α-hetero) is 1. The van der Waals surface area contributed by atoms with Gasteiger partial charge in [0, 0.05) is 19.4 Å². The molecular formula is C11H17NO2. The molecule has 0 bridgehead atoms. The van der Waals surface area contributed by atoms with Crippen molar-refractivity contribution in [3.05, 3.63) is 0 Å². The molecule has 2 fully saturated rings. The van der Waals surface area contributed by atoms with E-state index in [1.165, 1.54) is 0 Å². The van der Waals surface area contributed by atoms with E-state index in [1.54, 1.807) is 0 Å². The highest BCUT2D eigenvalue weighted by Crippen LogP contribution is 2.44. The topological polar surface area (TPSA) is 46.2 Å². The summed E-state index contributed by atoms with van der Waals surface area (Å²) in [5.41, 5.74) is -0.216. The monoisotopic (exact) mass is 195 g/mol. The molecule has 2 atom stereocenters. The van der Waals surface area contributed by atoms with Gasteiger partial charge in [0.15, 0.2) is 0 Å². The lowest BCUT2D eigenvalue weighted by molar-refractivity contribution is -0.142. The van der Waals surface area contributed by atoms with Gasteiger partial charge in [0.2, 0.25) is 5.91 Å². The number of piperidine rings is 1. The molecule has 0 aromatic rings. The molecule has 1 saturated heterocycles. The van der Waals surface area contributed by atoms with Crippen molar-refractivity contribution >= 4 is 11.7 Å². The van der Waals surface area contributed by atoms with Crippen molar-refractivity contribution in [2.45, 2.75) is 39.0 Å². The Balaban J connectivity index is 2.20. The molecule has 3 nitrogen and oxygen atoms in total. The highest BCUT2D eigenvalue weighted by Gasteiger charge is 2.47. The average molecular weight is 195 g/mol. The minimum Gasteiger partial charge on any atom is -0.356 e. The minimum absolute atomic E-state index is 0.184. The number of ketones is 1. The summed E-state index contributed by atoms with van der Waals surface area (Å²) in [6.07, 6.45) is 3.97. The smallest absolute Gasteiger partial charge is 0.226 e. The number of hydrogen-bond acceptors (Lipinski definition) is 2. The zero-order chi connectivity index (χ0) is 10.2. The summed E-state index contributed by atoms with van der Waals surface area (Å²) in [5, 5.41) is 2.94. The zero-order valence-electron chi connectivity index (χ0n) is 8.64. The van der Waals surface area contributed by atoms with Crippen molar-refractivity contribution in [3.63, 3.8) is 0 Å². The molecule has 1 amide bonds. The van der Waals surface area contributed by atoms with E-state index in [0.717, 1.165) is 25.8 Å². The Morgan fingerprint density at radius 3 is 2.79 bits per heavy atom. The van der Waals surface area contributed by atoms with Gasteiger partial charge in [-0.2, -0.15) is 0 Å². The maximum absolute atomic E-state index is 11.9. The molecule has 78 valence electrons. The molecule has 0 unspecified atom stereocenters. The first-order valence-corrected chi connectivity index (χ1v) is 5.45. The minimum atomic E-state index is -0.216. The average Bonchev–Trinajstić information content (AvgIpc) is 2.15. The van der Waals surface area contributed by atoms with Crippen molar-refractivity contribution in [1.82, 2.24) is 5.32 Å². The highest BCUT2D eigenvalue weighted by atomic mass is 16.2. The molecule has 2 aliphatic rings. The van der Waals surface area contributed by atoms with Crippen LogP contribution in [-0.2, 0) is 9.59 Å². The lowest BCUT2D eigenvalue weighted by Crippen LogP contribution is -2.51. The van der Waals surface area contributed by atoms with Crippen molar-refractivity contribution in [3.8, 4) is 0 Å². The predicted octanol–water partition coefficient (Wildman–Crippen LogP) is 1.27.